The topological polar surface area (TPSA) is 66.5 Å². The van der Waals surface area contributed by atoms with Crippen LogP contribution in [-0.2, 0) is 14.8 Å². The lowest BCUT2D eigenvalue weighted by Crippen LogP contribution is -2.38. The molecular weight excluding hydrogens is 415 g/mol. The number of carbonyl (C=O) groups is 1. The molecule has 150 valence electrons. The first kappa shape index (κ1) is 20.8. The number of hydrogen-bond donors (Lipinski definition) is 1. The summed E-state index contributed by atoms with van der Waals surface area (Å²) in [5, 5.41) is 3.22. The maximum atomic E-state index is 13.3. The molecule has 0 aliphatic carbocycles. The summed E-state index contributed by atoms with van der Waals surface area (Å²) < 4.78 is 40.6. The van der Waals surface area contributed by atoms with Crippen molar-refractivity contribution in [2.45, 2.75) is 11.8 Å². The monoisotopic (exact) mass is 432 g/mol. The van der Waals surface area contributed by atoms with Crippen molar-refractivity contribution < 1.29 is 17.6 Å². The van der Waals surface area contributed by atoms with E-state index < -0.39 is 28.3 Å². The molecule has 0 saturated heterocycles. The fourth-order valence-corrected chi connectivity index (χ4v) is 4.40. The molecule has 3 aromatic carbocycles. The summed E-state index contributed by atoms with van der Waals surface area (Å²) in [5.41, 5.74) is 1.44. The Hall–Kier alpha value is -2.90. The number of aryl methyl sites for hydroxylation is 1. The van der Waals surface area contributed by atoms with Gasteiger partial charge in [0, 0.05) is 10.7 Å². The predicted molar refractivity (Wildman–Crippen MR) is 112 cm³/mol. The Morgan fingerprint density at radius 2 is 1.69 bits per heavy atom. The minimum atomic E-state index is -4.04. The first-order chi connectivity index (χ1) is 13.8. The molecule has 29 heavy (non-hydrogen) atoms. The first-order valence-corrected chi connectivity index (χ1v) is 10.5. The average molecular weight is 433 g/mol. The molecule has 0 bridgehead atoms. The zero-order valence-electron chi connectivity index (χ0n) is 15.5. The van der Waals surface area contributed by atoms with Crippen molar-refractivity contribution in [3.05, 3.63) is 89.2 Å². The Balaban J connectivity index is 1.93. The van der Waals surface area contributed by atoms with Crippen LogP contribution in [0.15, 0.2) is 77.7 Å². The maximum absolute atomic E-state index is 13.3. The third-order valence-electron chi connectivity index (χ3n) is 4.20. The highest BCUT2D eigenvalue weighted by Gasteiger charge is 2.27. The lowest BCUT2D eigenvalue weighted by molar-refractivity contribution is -0.114. The number of amides is 1. The van der Waals surface area contributed by atoms with Crippen LogP contribution in [0.4, 0.5) is 15.8 Å². The van der Waals surface area contributed by atoms with Gasteiger partial charge in [-0.05, 0) is 67.1 Å². The van der Waals surface area contributed by atoms with Crippen molar-refractivity contribution >= 4 is 38.9 Å². The number of nitrogens with one attached hydrogen (secondary N) is 1. The van der Waals surface area contributed by atoms with Gasteiger partial charge in [-0.1, -0.05) is 29.8 Å². The number of halogens is 2. The molecule has 1 amide bonds. The van der Waals surface area contributed by atoms with Gasteiger partial charge in [-0.3, -0.25) is 9.10 Å². The van der Waals surface area contributed by atoms with E-state index in [1.54, 1.807) is 43.3 Å². The van der Waals surface area contributed by atoms with Gasteiger partial charge in [0.2, 0.25) is 5.91 Å². The van der Waals surface area contributed by atoms with Crippen molar-refractivity contribution in [1.82, 2.24) is 0 Å². The maximum Gasteiger partial charge on any atom is 0.264 e. The standard InChI is InChI=1S/C21H18ClFN2O3S/c1-15-13-16(22)7-12-20(15)24-21(26)14-25(18-10-8-17(23)9-11-18)29(27,28)19-5-3-2-4-6-19/h2-13H,14H2,1H3,(H,24,26). The third-order valence-corrected chi connectivity index (χ3v) is 6.22. The van der Waals surface area contributed by atoms with Gasteiger partial charge in [0.1, 0.15) is 12.4 Å². The van der Waals surface area contributed by atoms with E-state index in [0.717, 1.165) is 22.0 Å². The van der Waals surface area contributed by atoms with Crippen LogP contribution < -0.4 is 9.62 Å². The van der Waals surface area contributed by atoms with E-state index in [0.29, 0.717) is 10.7 Å². The summed E-state index contributed by atoms with van der Waals surface area (Å²) in [6.45, 7) is 1.30. The molecule has 0 spiro atoms. The van der Waals surface area contributed by atoms with Crippen LogP contribution in [-0.4, -0.2) is 20.9 Å². The van der Waals surface area contributed by atoms with E-state index in [4.69, 9.17) is 11.6 Å². The minimum absolute atomic E-state index is 0.0276. The quantitative estimate of drug-likeness (QED) is 0.618. The first-order valence-electron chi connectivity index (χ1n) is 8.67. The third kappa shape index (κ3) is 4.93. The number of hydrogen-bond acceptors (Lipinski definition) is 3. The molecular formula is C21H18ClFN2O3S. The van der Waals surface area contributed by atoms with Crippen LogP contribution in [0.2, 0.25) is 5.02 Å². The van der Waals surface area contributed by atoms with Crippen LogP contribution in [0.1, 0.15) is 5.56 Å². The summed E-state index contributed by atoms with van der Waals surface area (Å²) >= 11 is 5.93. The van der Waals surface area contributed by atoms with Gasteiger partial charge in [0.25, 0.3) is 10.0 Å². The zero-order valence-corrected chi connectivity index (χ0v) is 17.0. The molecule has 8 heteroatoms. The average Bonchev–Trinajstić information content (AvgIpc) is 2.70. The van der Waals surface area contributed by atoms with E-state index in [1.165, 1.54) is 24.3 Å². The highest BCUT2D eigenvalue weighted by molar-refractivity contribution is 7.92. The number of carbonyl (C=O) groups excluding carboxylic acids is 1. The summed E-state index contributed by atoms with van der Waals surface area (Å²) in [5.74, 6) is -1.05. The predicted octanol–water partition coefficient (Wildman–Crippen LogP) is 4.62. The van der Waals surface area contributed by atoms with Gasteiger partial charge in [0.15, 0.2) is 0 Å². The van der Waals surface area contributed by atoms with Gasteiger partial charge in [-0.2, -0.15) is 0 Å². The van der Waals surface area contributed by atoms with Gasteiger partial charge in [0.05, 0.1) is 10.6 Å². The normalized spacial score (nSPS) is 11.1. The van der Waals surface area contributed by atoms with Gasteiger partial charge in [-0.25, -0.2) is 12.8 Å². The number of anilines is 2. The van der Waals surface area contributed by atoms with Crippen LogP contribution in [0.3, 0.4) is 0 Å². The summed E-state index contributed by atoms with van der Waals surface area (Å²) in [4.78, 5) is 12.7. The minimum Gasteiger partial charge on any atom is -0.324 e. The second-order valence-corrected chi connectivity index (χ2v) is 8.61. The summed E-state index contributed by atoms with van der Waals surface area (Å²) in [7, 11) is -4.04. The Labute approximate surface area is 173 Å². The van der Waals surface area contributed by atoms with E-state index in [2.05, 4.69) is 5.32 Å². The Bertz CT molecular complexity index is 1120. The largest absolute Gasteiger partial charge is 0.324 e. The van der Waals surface area contributed by atoms with Crippen LogP contribution >= 0.6 is 11.6 Å². The van der Waals surface area contributed by atoms with E-state index in [-0.39, 0.29) is 10.6 Å². The molecule has 3 rings (SSSR count). The molecule has 0 aromatic heterocycles. The molecule has 0 aliphatic rings. The van der Waals surface area contributed by atoms with E-state index in [9.17, 15) is 17.6 Å². The molecule has 0 radical (unpaired) electrons. The molecule has 0 fully saturated rings. The Morgan fingerprint density at radius 1 is 1.03 bits per heavy atom. The molecule has 0 heterocycles. The van der Waals surface area contributed by atoms with Gasteiger partial charge >= 0.3 is 0 Å². The molecule has 0 atom stereocenters. The number of benzene rings is 3. The number of nitrogens with zero attached hydrogens (tertiary/aromatic N) is 1. The molecule has 3 aromatic rings. The highest BCUT2D eigenvalue weighted by atomic mass is 35.5. The van der Waals surface area contributed by atoms with Gasteiger partial charge in [-0.15, -0.1) is 0 Å². The second-order valence-electron chi connectivity index (χ2n) is 6.31. The van der Waals surface area contributed by atoms with Crippen molar-refractivity contribution in [1.29, 1.82) is 0 Å². The van der Waals surface area contributed by atoms with E-state index >= 15 is 0 Å². The molecule has 0 aliphatic heterocycles. The Kier molecular flexibility index (Phi) is 6.20. The van der Waals surface area contributed by atoms with E-state index in [1.807, 2.05) is 0 Å². The number of sulfonamides is 1. The van der Waals surface area contributed by atoms with Crippen LogP contribution in [0.5, 0.6) is 0 Å². The smallest absolute Gasteiger partial charge is 0.264 e. The molecule has 5 nitrogen and oxygen atoms in total. The fraction of sp³-hybridized carbons (Fsp3) is 0.0952. The fourth-order valence-electron chi connectivity index (χ4n) is 2.73. The lowest BCUT2D eigenvalue weighted by atomic mass is 10.2. The summed E-state index contributed by atoms with van der Waals surface area (Å²) in [6.07, 6.45) is 0. The Morgan fingerprint density at radius 3 is 2.31 bits per heavy atom. The van der Waals surface area contributed by atoms with Crippen molar-refractivity contribution in [2.24, 2.45) is 0 Å². The molecule has 0 unspecified atom stereocenters. The summed E-state index contributed by atoms with van der Waals surface area (Å²) in [6, 6.07) is 17.6. The van der Waals surface area contributed by atoms with Crippen LogP contribution in [0.25, 0.3) is 0 Å². The highest BCUT2D eigenvalue weighted by Crippen LogP contribution is 2.25. The van der Waals surface area contributed by atoms with Gasteiger partial charge < -0.3 is 5.32 Å². The van der Waals surface area contributed by atoms with Crippen molar-refractivity contribution in [2.75, 3.05) is 16.2 Å². The SMILES string of the molecule is Cc1cc(Cl)ccc1NC(=O)CN(c1ccc(F)cc1)S(=O)(=O)c1ccccc1. The second kappa shape index (κ2) is 8.63. The molecule has 1 N–H and O–H groups in total. The lowest BCUT2D eigenvalue weighted by Gasteiger charge is -2.24. The zero-order chi connectivity index (χ0) is 21.0. The van der Waals surface area contributed by atoms with Crippen LogP contribution in [0, 0.1) is 12.7 Å². The van der Waals surface area contributed by atoms with Crippen molar-refractivity contribution in [3.8, 4) is 0 Å². The number of rotatable bonds is 6. The molecule has 0 saturated carbocycles. The van der Waals surface area contributed by atoms with Crippen molar-refractivity contribution in [3.63, 3.8) is 0 Å².